The lowest BCUT2D eigenvalue weighted by atomic mass is 10.1. The zero-order valence-electron chi connectivity index (χ0n) is 18.0. The Kier molecular flexibility index (Phi) is 12.0. The third kappa shape index (κ3) is 8.04. The van der Waals surface area contributed by atoms with Gasteiger partial charge >= 0.3 is 5.97 Å². The van der Waals surface area contributed by atoms with E-state index >= 15 is 0 Å². The first-order valence-corrected chi connectivity index (χ1v) is 11.4. The van der Waals surface area contributed by atoms with Crippen LogP contribution in [0.3, 0.4) is 0 Å². The smallest absolute Gasteiger partial charge is 0.328 e. The zero-order chi connectivity index (χ0) is 21.6. The molecule has 0 aliphatic carbocycles. The Labute approximate surface area is 177 Å². The van der Waals surface area contributed by atoms with E-state index in [4.69, 9.17) is 18.9 Å². The van der Waals surface area contributed by atoms with Crippen molar-refractivity contribution in [3.63, 3.8) is 0 Å². The van der Waals surface area contributed by atoms with Crippen molar-refractivity contribution >= 4 is 23.6 Å². The molecule has 0 bridgehead atoms. The lowest BCUT2D eigenvalue weighted by Gasteiger charge is -2.19. The molecule has 1 N–H and O–H groups in total. The number of ether oxygens (including phenoxy) is 4. The van der Waals surface area contributed by atoms with Gasteiger partial charge in [-0.2, -0.15) is 11.8 Å². The Morgan fingerprint density at radius 3 is 2.07 bits per heavy atom. The number of carbonyl (C=O) groups excluding carboxylic acids is 2. The molecule has 0 unspecified atom stereocenters. The normalized spacial score (nSPS) is 11.5. The van der Waals surface area contributed by atoms with Crippen LogP contribution in [0.1, 0.15) is 50.9 Å². The van der Waals surface area contributed by atoms with Crippen molar-refractivity contribution in [2.75, 3.05) is 38.4 Å². The molecule has 1 amide bonds. The fourth-order valence-corrected chi connectivity index (χ4v) is 3.02. The van der Waals surface area contributed by atoms with Crippen LogP contribution in [-0.4, -0.2) is 56.4 Å². The van der Waals surface area contributed by atoms with Crippen molar-refractivity contribution < 1.29 is 28.5 Å². The van der Waals surface area contributed by atoms with E-state index in [-0.39, 0.29) is 0 Å². The predicted molar refractivity (Wildman–Crippen MR) is 115 cm³/mol. The number of carbonyl (C=O) groups is 2. The molecule has 0 aliphatic rings. The highest BCUT2D eigenvalue weighted by molar-refractivity contribution is 7.98. The van der Waals surface area contributed by atoms with Gasteiger partial charge in [0.05, 0.1) is 26.4 Å². The molecule has 0 spiro atoms. The van der Waals surface area contributed by atoms with E-state index in [1.165, 1.54) is 0 Å². The highest BCUT2D eigenvalue weighted by Gasteiger charge is 2.24. The molecule has 0 saturated heterocycles. The third-order valence-corrected chi connectivity index (χ3v) is 4.46. The molecule has 29 heavy (non-hydrogen) atoms. The van der Waals surface area contributed by atoms with Gasteiger partial charge < -0.3 is 24.3 Å². The van der Waals surface area contributed by atoms with E-state index in [2.05, 4.69) is 5.32 Å². The Hall–Kier alpha value is -2.09. The summed E-state index contributed by atoms with van der Waals surface area (Å²) in [4.78, 5) is 25.2. The molecule has 1 aromatic rings. The molecule has 1 rings (SSSR count). The molecule has 1 atom stereocenters. The average molecular weight is 428 g/mol. The minimum atomic E-state index is -0.709. The molecule has 0 aromatic heterocycles. The van der Waals surface area contributed by atoms with Crippen LogP contribution in [-0.2, 0) is 9.53 Å². The van der Waals surface area contributed by atoms with Gasteiger partial charge in [0.1, 0.15) is 6.04 Å². The van der Waals surface area contributed by atoms with E-state index in [9.17, 15) is 9.59 Å². The molecule has 0 aliphatic heterocycles. The SMILES string of the molecule is CCCOC(=O)[C@H](CCSC)NC(=O)c1cc(OCC)c(OCC)c(OCC)c1. The van der Waals surface area contributed by atoms with Crippen molar-refractivity contribution in [1.82, 2.24) is 5.32 Å². The number of benzene rings is 1. The van der Waals surface area contributed by atoms with E-state index in [0.717, 1.165) is 12.2 Å². The van der Waals surface area contributed by atoms with Crippen molar-refractivity contribution in [3.05, 3.63) is 17.7 Å². The van der Waals surface area contributed by atoms with Gasteiger partial charge in [0.2, 0.25) is 5.75 Å². The van der Waals surface area contributed by atoms with E-state index < -0.39 is 17.9 Å². The zero-order valence-corrected chi connectivity index (χ0v) is 18.9. The molecule has 0 saturated carbocycles. The monoisotopic (exact) mass is 427 g/mol. The summed E-state index contributed by atoms with van der Waals surface area (Å²) in [5, 5.41) is 2.79. The first-order valence-electron chi connectivity index (χ1n) is 10.0. The summed E-state index contributed by atoms with van der Waals surface area (Å²) in [5.74, 6) is 1.24. The molecular weight excluding hydrogens is 394 g/mol. The quantitative estimate of drug-likeness (QED) is 0.453. The largest absolute Gasteiger partial charge is 0.490 e. The Bertz CT molecular complexity index is 625. The summed E-state index contributed by atoms with van der Waals surface area (Å²) in [5.41, 5.74) is 0.331. The molecular formula is C21H33NO6S. The van der Waals surface area contributed by atoms with Crippen molar-refractivity contribution in [1.29, 1.82) is 0 Å². The predicted octanol–water partition coefficient (Wildman–Crippen LogP) is 3.69. The van der Waals surface area contributed by atoms with Gasteiger partial charge in [-0.25, -0.2) is 4.79 Å². The number of hydrogen-bond donors (Lipinski definition) is 1. The summed E-state index contributed by atoms with van der Waals surface area (Å²) in [6.45, 7) is 9.09. The van der Waals surface area contributed by atoms with Gasteiger partial charge in [-0.3, -0.25) is 4.79 Å². The van der Waals surface area contributed by atoms with Crippen LogP contribution < -0.4 is 19.5 Å². The van der Waals surface area contributed by atoms with E-state index in [0.29, 0.717) is 55.7 Å². The fourth-order valence-electron chi connectivity index (χ4n) is 2.55. The second kappa shape index (κ2) is 14.0. The Balaban J connectivity index is 3.14. The first-order chi connectivity index (χ1) is 14.0. The summed E-state index contributed by atoms with van der Waals surface area (Å²) in [7, 11) is 0. The van der Waals surface area contributed by atoms with E-state index in [1.54, 1.807) is 23.9 Å². The number of amides is 1. The van der Waals surface area contributed by atoms with Crippen molar-refractivity contribution in [3.8, 4) is 17.2 Å². The second-order valence-corrected chi connectivity index (χ2v) is 7.06. The first kappa shape index (κ1) is 24.9. The fraction of sp³-hybridized carbons (Fsp3) is 0.619. The third-order valence-electron chi connectivity index (χ3n) is 3.82. The second-order valence-electron chi connectivity index (χ2n) is 6.08. The lowest BCUT2D eigenvalue weighted by molar-refractivity contribution is -0.146. The summed E-state index contributed by atoms with van der Waals surface area (Å²) >= 11 is 1.60. The number of nitrogens with one attached hydrogen (secondary N) is 1. The maximum absolute atomic E-state index is 12.9. The molecule has 7 nitrogen and oxygen atoms in total. The molecule has 0 heterocycles. The average Bonchev–Trinajstić information content (AvgIpc) is 2.71. The van der Waals surface area contributed by atoms with Crippen LogP contribution in [0, 0.1) is 0 Å². The molecule has 164 valence electrons. The standard InChI is InChI=1S/C21H33NO6S/c1-6-11-28-21(24)16(10-12-29-5)22-20(23)15-13-17(25-7-2)19(27-9-4)18(14-15)26-8-3/h13-14,16H,6-12H2,1-5H3,(H,22,23)/t16-/m0/s1. The maximum atomic E-state index is 12.9. The van der Waals surface area contributed by atoms with Crippen LogP contribution in [0.5, 0.6) is 17.2 Å². The maximum Gasteiger partial charge on any atom is 0.328 e. The highest BCUT2D eigenvalue weighted by atomic mass is 32.2. The number of rotatable bonds is 14. The summed E-state index contributed by atoms with van der Waals surface area (Å²) in [6.07, 6.45) is 3.16. The molecule has 0 radical (unpaired) electrons. The minimum absolute atomic E-state index is 0.330. The van der Waals surface area contributed by atoms with Crippen molar-refractivity contribution in [2.45, 2.75) is 46.6 Å². The van der Waals surface area contributed by atoms with Gasteiger partial charge in [0.15, 0.2) is 11.5 Å². The Morgan fingerprint density at radius 2 is 1.59 bits per heavy atom. The summed E-state index contributed by atoms with van der Waals surface area (Å²) < 4.78 is 22.2. The lowest BCUT2D eigenvalue weighted by Crippen LogP contribution is -2.42. The number of thioether (sulfide) groups is 1. The van der Waals surface area contributed by atoms with Crippen LogP contribution >= 0.6 is 11.8 Å². The molecule has 0 fully saturated rings. The number of hydrogen-bond acceptors (Lipinski definition) is 7. The van der Waals surface area contributed by atoms with Crippen LogP contribution in [0.25, 0.3) is 0 Å². The minimum Gasteiger partial charge on any atom is -0.490 e. The highest BCUT2D eigenvalue weighted by Crippen LogP contribution is 2.39. The van der Waals surface area contributed by atoms with Gasteiger partial charge in [-0.1, -0.05) is 6.92 Å². The summed E-state index contributed by atoms with van der Waals surface area (Å²) in [6, 6.07) is 2.50. The molecule has 1 aromatic carbocycles. The molecule has 8 heteroatoms. The number of esters is 1. The topological polar surface area (TPSA) is 83.1 Å². The van der Waals surface area contributed by atoms with Gasteiger partial charge in [0.25, 0.3) is 5.91 Å². The van der Waals surface area contributed by atoms with Gasteiger partial charge in [-0.05, 0) is 57.8 Å². The van der Waals surface area contributed by atoms with E-state index in [1.807, 2.05) is 34.0 Å². The van der Waals surface area contributed by atoms with Crippen LogP contribution in [0.15, 0.2) is 12.1 Å². The Morgan fingerprint density at radius 1 is 1.00 bits per heavy atom. The van der Waals surface area contributed by atoms with Gasteiger partial charge in [0, 0.05) is 5.56 Å². The van der Waals surface area contributed by atoms with Crippen LogP contribution in [0.2, 0.25) is 0 Å². The van der Waals surface area contributed by atoms with Gasteiger partial charge in [-0.15, -0.1) is 0 Å². The van der Waals surface area contributed by atoms with Crippen LogP contribution in [0.4, 0.5) is 0 Å². The van der Waals surface area contributed by atoms with Crippen molar-refractivity contribution in [2.24, 2.45) is 0 Å².